The third-order valence-electron chi connectivity index (χ3n) is 15.0. The van der Waals surface area contributed by atoms with Gasteiger partial charge in [-0.15, -0.1) is 0 Å². The van der Waals surface area contributed by atoms with E-state index in [4.69, 9.17) is 0 Å². The first kappa shape index (κ1) is 28.9. The molecule has 0 amide bonds. The van der Waals surface area contributed by atoms with Gasteiger partial charge >= 0.3 is 0 Å². The minimum Gasteiger partial charge on any atom is -0.396 e. The molecule has 5 unspecified atom stereocenters. The molecule has 0 aromatic heterocycles. The number of aliphatic hydroxyl groups is 2. The van der Waals surface area contributed by atoms with Crippen molar-refractivity contribution in [1.82, 2.24) is 5.32 Å². The molecule has 11 atom stereocenters. The highest BCUT2D eigenvalue weighted by Crippen LogP contribution is 2.77. The van der Waals surface area contributed by atoms with Crippen molar-refractivity contribution in [2.24, 2.45) is 56.7 Å². The number of fused-ring (bicyclic) bond motifs is 7. The van der Waals surface area contributed by atoms with E-state index in [1.165, 1.54) is 62.5 Å². The summed E-state index contributed by atoms with van der Waals surface area (Å²) in [5.74, 6) is 3.10. The number of allylic oxidation sites excluding steroid dienone is 1. The molecule has 5 aliphatic rings. The van der Waals surface area contributed by atoms with Crippen LogP contribution in [0.15, 0.2) is 42.5 Å². The van der Waals surface area contributed by atoms with Gasteiger partial charge < -0.3 is 15.5 Å². The molecule has 5 saturated carbocycles. The van der Waals surface area contributed by atoms with E-state index < -0.39 is 0 Å². The van der Waals surface area contributed by atoms with E-state index in [9.17, 15) is 10.2 Å². The third kappa shape index (κ3) is 3.92. The summed E-state index contributed by atoms with van der Waals surface area (Å²) in [6.07, 6.45) is 11.8. The normalized spacial score (nSPS) is 49.9. The van der Waals surface area contributed by atoms with Gasteiger partial charge in [-0.25, -0.2) is 0 Å². The minimum atomic E-state index is -0.236. The zero-order chi connectivity index (χ0) is 28.6. The highest BCUT2D eigenvalue weighted by Gasteiger charge is 2.71. The molecule has 0 heterocycles. The number of hydrogen-bond donors (Lipinski definition) is 3. The smallest absolute Gasteiger partial charge is 0.0609 e. The molecule has 3 heteroatoms. The van der Waals surface area contributed by atoms with Crippen LogP contribution in [0.5, 0.6) is 0 Å². The molecule has 5 aliphatic carbocycles. The largest absolute Gasteiger partial charge is 0.396 e. The quantitative estimate of drug-likeness (QED) is 0.319. The van der Waals surface area contributed by atoms with Crippen LogP contribution in [-0.4, -0.2) is 29.5 Å². The van der Waals surface area contributed by atoms with Crippen molar-refractivity contribution in [3.8, 4) is 0 Å². The molecule has 0 bridgehead atoms. The van der Waals surface area contributed by atoms with Crippen LogP contribution in [0.2, 0.25) is 0 Å². The molecular formula is C37H57NO2. The third-order valence-corrected chi connectivity index (χ3v) is 15.0. The average molecular weight is 548 g/mol. The van der Waals surface area contributed by atoms with Crippen molar-refractivity contribution in [2.75, 3.05) is 13.2 Å². The molecule has 0 aliphatic heterocycles. The lowest BCUT2D eigenvalue weighted by Crippen LogP contribution is -2.68. The van der Waals surface area contributed by atoms with Crippen LogP contribution in [0.1, 0.15) is 104 Å². The van der Waals surface area contributed by atoms with Crippen LogP contribution >= 0.6 is 0 Å². The Morgan fingerprint density at radius 3 is 2.33 bits per heavy atom. The first-order chi connectivity index (χ1) is 19.0. The summed E-state index contributed by atoms with van der Waals surface area (Å²) in [6, 6.07) is 10.7. The molecule has 3 N–H and O–H groups in total. The fraction of sp³-hybridized carbons (Fsp3) is 0.784. The van der Waals surface area contributed by atoms with Gasteiger partial charge in [-0.05, 0) is 128 Å². The molecule has 6 rings (SSSR count). The van der Waals surface area contributed by atoms with Crippen molar-refractivity contribution in [1.29, 1.82) is 0 Å². The molecule has 40 heavy (non-hydrogen) atoms. The van der Waals surface area contributed by atoms with E-state index in [-0.39, 0.29) is 22.3 Å². The van der Waals surface area contributed by atoms with E-state index >= 15 is 0 Å². The summed E-state index contributed by atoms with van der Waals surface area (Å²) >= 11 is 0. The van der Waals surface area contributed by atoms with Crippen molar-refractivity contribution >= 4 is 0 Å². The molecular weight excluding hydrogens is 490 g/mol. The number of hydrogen-bond acceptors (Lipinski definition) is 3. The van der Waals surface area contributed by atoms with Crippen molar-refractivity contribution in [2.45, 2.75) is 111 Å². The van der Waals surface area contributed by atoms with Gasteiger partial charge in [0.15, 0.2) is 0 Å². The molecule has 5 fully saturated rings. The second-order valence-corrected chi connectivity index (χ2v) is 16.4. The number of aliphatic hydroxyl groups excluding tert-OH is 2. The Hall–Kier alpha value is -1.16. The standard InChI is InChI=1S/C37H57NO2/c1-25(2)27-14-19-37(24-39)21-20-35(5)28(32(27)37)12-13-30-33(3)17-16-31(40)34(4,29(33)15-18-36(30,35)6)23-38-22-26-10-8-7-9-11-26/h7-11,27-32,38-40H,1,12-24H2,2-6H3/t27-,28?,29?,30?,31-,32?,33-,34-,35+,36+,37?/m0/s1. The molecule has 0 radical (unpaired) electrons. The second kappa shape index (κ2) is 9.95. The van der Waals surface area contributed by atoms with Crippen LogP contribution in [0.25, 0.3) is 0 Å². The summed E-state index contributed by atoms with van der Waals surface area (Å²) < 4.78 is 0. The van der Waals surface area contributed by atoms with Gasteiger partial charge in [-0.3, -0.25) is 0 Å². The fourth-order valence-corrected chi connectivity index (χ4v) is 12.7. The summed E-state index contributed by atoms with van der Waals surface area (Å²) in [7, 11) is 0. The van der Waals surface area contributed by atoms with E-state index in [2.05, 4.69) is 76.8 Å². The van der Waals surface area contributed by atoms with Crippen LogP contribution < -0.4 is 5.32 Å². The van der Waals surface area contributed by atoms with E-state index in [1.54, 1.807) is 0 Å². The van der Waals surface area contributed by atoms with E-state index in [0.717, 1.165) is 25.9 Å². The number of rotatable bonds is 6. The summed E-state index contributed by atoms with van der Waals surface area (Å²) in [5, 5.41) is 26.1. The lowest BCUT2D eigenvalue weighted by Gasteiger charge is -2.73. The predicted molar refractivity (Wildman–Crippen MR) is 165 cm³/mol. The number of benzene rings is 1. The van der Waals surface area contributed by atoms with Crippen LogP contribution in [-0.2, 0) is 6.54 Å². The van der Waals surface area contributed by atoms with Crippen molar-refractivity contribution < 1.29 is 10.2 Å². The van der Waals surface area contributed by atoms with Crippen molar-refractivity contribution in [3.05, 3.63) is 48.0 Å². The molecule has 1 aromatic carbocycles. The summed E-state index contributed by atoms with van der Waals surface area (Å²) in [4.78, 5) is 0. The van der Waals surface area contributed by atoms with E-state index in [0.29, 0.717) is 47.0 Å². The van der Waals surface area contributed by atoms with Gasteiger partial charge in [-0.1, -0.05) is 70.2 Å². The maximum absolute atomic E-state index is 11.5. The molecule has 0 saturated heterocycles. The first-order valence-corrected chi connectivity index (χ1v) is 16.6. The Morgan fingerprint density at radius 1 is 0.875 bits per heavy atom. The Labute approximate surface area is 244 Å². The minimum absolute atomic E-state index is 0.101. The Morgan fingerprint density at radius 2 is 1.62 bits per heavy atom. The molecule has 1 aromatic rings. The molecule has 222 valence electrons. The highest BCUT2D eigenvalue weighted by atomic mass is 16.3. The van der Waals surface area contributed by atoms with Crippen LogP contribution in [0.4, 0.5) is 0 Å². The summed E-state index contributed by atoms with van der Waals surface area (Å²) in [5.41, 5.74) is 3.57. The number of nitrogens with one attached hydrogen (secondary N) is 1. The molecule has 3 nitrogen and oxygen atoms in total. The second-order valence-electron chi connectivity index (χ2n) is 16.4. The van der Waals surface area contributed by atoms with Crippen molar-refractivity contribution in [3.63, 3.8) is 0 Å². The lowest BCUT2D eigenvalue weighted by atomic mass is 9.32. The van der Waals surface area contributed by atoms with Gasteiger partial charge in [-0.2, -0.15) is 0 Å². The van der Waals surface area contributed by atoms with Gasteiger partial charge in [0.2, 0.25) is 0 Å². The SMILES string of the molecule is C=C(C)[C@@H]1CCC2(CO)CC[C@]3(C)C(CCC4[C@@]5(C)CC[C@H](O)[C@@](C)(CNCc6ccccc6)C5CC[C@]43C)C12. The zero-order valence-electron chi connectivity index (χ0n) is 26.1. The van der Waals surface area contributed by atoms with Gasteiger partial charge in [0.1, 0.15) is 0 Å². The summed E-state index contributed by atoms with van der Waals surface area (Å²) in [6.45, 7) is 19.3. The highest BCUT2D eigenvalue weighted by molar-refractivity contribution is 5.22. The maximum atomic E-state index is 11.5. The van der Waals surface area contributed by atoms with Crippen LogP contribution in [0.3, 0.4) is 0 Å². The van der Waals surface area contributed by atoms with Crippen LogP contribution in [0, 0.1) is 56.7 Å². The topological polar surface area (TPSA) is 52.5 Å². The first-order valence-electron chi connectivity index (χ1n) is 16.6. The predicted octanol–water partition coefficient (Wildman–Crippen LogP) is 7.77. The van der Waals surface area contributed by atoms with Gasteiger partial charge in [0, 0.05) is 25.1 Å². The Kier molecular flexibility index (Phi) is 7.20. The average Bonchev–Trinajstić information content (AvgIpc) is 3.33. The van der Waals surface area contributed by atoms with Gasteiger partial charge in [0.25, 0.3) is 0 Å². The lowest BCUT2D eigenvalue weighted by molar-refractivity contribution is -0.251. The monoisotopic (exact) mass is 547 g/mol. The molecule has 0 spiro atoms. The zero-order valence-corrected chi connectivity index (χ0v) is 26.1. The Bertz CT molecular complexity index is 1100. The fourth-order valence-electron chi connectivity index (χ4n) is 12.7. The Balaban J connectivity index is 1.29. The van der Waals surface area contributed by atoms with E-state index in [1.807, 2.05) is 0 Å². The van der Waals surface area contributed by atoms with Gasteiger partial charge in [0.05, 0.1) is 6.10 Å². The maximum Gasteiger partial charge on any atom is 0.0609 e.